The zero-order chi connectivity index (χ0) is 13.2. The molecule has 0 spiro atoms. The fourth-order valence-corrected chi connectivity index (χ4v) is 1.90. The number of benzene rings is 1. The molecule has 1 aromatic rings. The average molecular weight is 364 g/mol. The van der Waals surface area contributed by atoms with Crippen molar-refractivity contribution in [2.75, 3.05) is 5.32 Å². The molecule has 5 heteroatoms. The number of hydrogen-bond donors (Lipinski definition) is 2. The Morgan fingerprint density at radius 3 is 2.47 bits per heavy atom. The summed E-state index contributed by atoms with van der Waals surface area (Å²) in [5.41, 5.74) is 6.34. The quantitative estimate of drug-likeness (QED) is 0.844. The van der Waals surface area contributed by atoms with Crippen LogP contribution >= 0.6 is 31.9 Å². The second kappa shape index (κ2) is 5.50. The van der Waals surface area contributed by atoms with E-state index in [1.54, 1.807) is 0 Å². The number of hydrogen-bond acceptors (Lipinski definition) is 2. The first kappa shape index (κ1) is 14.7. The summed E-state index contributed by atoms with van der Waals surface area (Å²) in [6.07, 6.45) is 0. The van der Waals surface area contributed by atoms with E-state index in [4.69, 9.17) is 5.73 Å². The predicted octanol–water partition coefficient (Wildman–Crippen LogP) is 3.52. The number of amides is 1. The fourth-order valence-electron chi connectivity index (χ4n) is 1.20. The van der Waals surface area contributed by atoms with E-state index in [1.807, 2.05) is 39.0 Å². The van der Waals surface area contributed by atoms with Gasteiger partial charge in [0.25, 0.3) is 0 Å². The average Bonchev–Trinajstić information content (AvgIpc) is 2.21. The van der Waals surface area contributed by atoms with Gasteiger partial charge in [-0.1, -0.05) is 36.7 Å². The van der Waals surface area contributed by atoms with Crippen molar-refractivity contribution in [3.05, 3.63) is 27.1 Å². The molecule has 0 unspecified atom stereocenters. The van der Waals surface area contributed by atoms with E-state index >= 15 is 0 Å². The van der Waals surface area contributed by atoms with Crippen LogP contribution in [0.15, 0.2) is 27.1 Å². The Bertz CT molecular complexity index is 427. The number of carbonyl (C=O) groups excluding carboxylic acids is 1. The minimum atomic E-state index is -0.548. The second-order valence-corrected chi connectivity index (χ2v) is 6.73. The summed E-state index contributed by atoms with van der Waals surface area (Å²) in [6, 6.07) is 5.04. The molecule has 1 amide bonds. The van der Waals surface area contributed by atoms with Crippen molar-refractivity contribution in [2.45, 2.75) is 26.8 Å². The minimum absolute atomic E-state index is 0.184. The lowest BCUT2D eigenvalue weighted by atomic mass is 9.87. The van der Waals surface area contributed by atoms with Gasteiger partial charge in [0.1, 0.15) is 0 Å². The van der Waals surface area contributed by atoms with Crippen LogP contribution in [-0.2, 0) is 4.79 Å². The highest BCUT2D eigenvalue weighted by Crippen LogP contribution is 2.27. The van der Waals surface area contributed by atoms with Gasteiger partial charge in [-0.05, 0) is 39.5 Å². The summed E-state index contributed by atoms with van der Waals surface area (Å²) in [5.74, 6) is -0.184. The molecule has 0 heterocycles. The lowest BCUT2D eigenvalue weighted by molar-refractivity contribution is -0.119. The van der Waals surface area contributed by atoms with E-state index in [0.29, 0.717) is 5.69 Å². The van der Waals surface area contributed by atoms with E-state index in [2.05, 4.69) is 37.2 Å². The third-order valence-electron chi connectivity index (χ3n) is 2.40. The molecular formula is C12H16Br2N2O. The summed E-state index contributed by atoms with van der Waals surface area (Å²) in [6.45, 7) is 5.81. The van der Waals surface area contributed by atoms with Crippen LogP contribution < -0.4 is 11.1 Å². The summed E-state index contributed by atoms with van der Waals surface area (Å²) in [5, 5.41) is 2.82. The van der Waals surface area contributed by atoms with Gasteiger partial charge in [0.05, 0.1) is 11.7 Å². The number of anilines is 1. The first-order chi connectivity index (χ1) is 7.71. The molecule has 17 heavy (non-hydrogen) atoms. The largest absolute Gasteiger partial charge is 0.324 e. The normalized spacial score (nSPS) is 13.3. The predicted molar refractivity (Wildman–Crippen MR) is 77.9 cm³/mol. The summed E-state index contributed by atoms with van der Waals surface area (Å²) >= 11 is 6.74. The van der Waals surface area contributed by atoms with Gasteiger partial charge >= 0.3 is 0 Å². The number of rotatable bonds is 2. The summed E-state index contributed by atoms with van der Waals surface area (Å²) in [4.78, 5) is 12.0. The Balaban J connectivity index is 2.85. The van der Waals surface area contributed by atoms with Crippen molar-refractivity contribution in [2.24, 2.45) is 11.1 Å². The Kier molecular flexibility index (Phi) is 4.75. The maximum atomic E-state index is 12.0. The Morgan fingerprint density at radius 2 is 1.94 bits per heavy atom. The van der Waals surface area contributed by atoms with Crippen molar-refractivity contribution in [1.29, 1.82) is 0 Å². The van der Waals surface area contributed by atoms with Crippen LogP contribution in [0.1, 0.15) is 20.8 Å². The van der Waals surface area contributed by atoms with Gasteiger partial charge in [0.2, 0.25) is 5.91 Å². The molecule has 0 radical (unpaired) electrons. The van der Waals surface area contributed by atoms with Crippen LogP contribution in [0.5, 0.6) is 0 Å². The van der Waals surface area contributed by atoms with Crippen molar-refractivity contribution in [3.8, 4) is 0 Å². The van der Waals surface area contributed by atoms with E-state index in [1.165, 1.54) is 0 Å². The molecule has 1 aromatic carbocycles. The van der Waals surface area contributed by atoms with E-state index < -0.39 is 6.04 Å². The highest BCUT2D eigenvalue weighted by molar-refractivity contribution is 9.11. The van der Waals surface area contributed by atoms with Crippen molar-refractivity contribution in [1.82, 2.24) is 0 Å². The molecule has 0 aromatic heterocycles. The number of halogens is 2. The van der Waals surface area contributed by atoms with Crippen LogP contribution in [0.25, 0.3) is 0 Å². The van der Waals surface area contributed by atoms with E-state index in [-0.39, 0.29) is 11.3 Å². The van der Waals surface area contributed by atoms with Gasteiger partial charge in [0, 0.05) is 8.95 Å². The van der Waals surface area contributed by atoms with Crippen molar-refractivity contribution < 1.29 is 4.79 Å². The molecule has 3 N–H and O–H groups in total. The standard InChI is InChI=1S/C12H16Br2N2O/c1-12(2,3)10(15)11(17)16-9-6-7(13)4-5-8(9)14/h4-6,10H,15H2,1-3H3,(H,16,17)/t10-/m1/s1. The minimum Gasteiger partial charge on any atom is -0.324 e. The third-order valence-corrected chi connectivity index (χ3v) is 3.59. The SMILES string of the molecule is CC(C)(C)[C@H](N)C(=O)Nc1cc(Br)ccc1Br. The molecule has 3 nitrogen and oxygen atoms in total. The molecule has 0 aliphatic heterocycles. The molecule has 0 bridgehead atoms. The van der Waals surface area contributed by atoms with E-state index in [0.717, 1.165) is 8.95 Å². The highest BCUT2D eigenvalue weighted by Gasteiger charge is 2.27. The second-order valence-electron chi connectivity index (χ2n) is 4.96. The first-order valence-electron chi connectivity index (χ1n) is 5.23. The van der Waals surface area contributed by atoms with E-state index in [9.17, 15) is 4.79 Å². The lowest BCUT2D eigenvalue weighted by Gasteiger charge is -2.26. The van der Waals surface area contributed by atoms with Gasteiger partial charge in [0.15, 0.2) is 0 Å². The Morgan fingerprint density at radius 1 is 1.35 bits per heavy atom. The van der Waals surface area contributed by atoms with Gasteiger partial charge in [-0.15, -0.1) is 0 Å². The smallest absolute Gasteiger partial charge is 0.241 e. The van der Waals surface area contributed by atoms with Gasteiger partial charge in [-0.2, -0.15) is 0 Å². The number of carbonyl (C=O) groups is 1. The molecule has 0 saturated heterocycles. The zero-order valence-electron chi connectivity index (χ0n) is 10.1. The Hall–Kier alpha value is -0.390. The molecule has 1 rings (SSSR count). The monoisotopic (exact) mass is 362 g/mol. The maximum absolute atomic E-state index is 12.0. The van der Waals surface area contributed by atoms with Crippen LogP contribution in [0, 0.1) is 5.41 Å². The summed E-state index contributed by atoms with van der Waals surface area (Å²) < 4.78 is 1.73. The number of nitrogens with one attached hydrogen (secondary N) is 1. The fraction of sp³-hybridized carbons (Fsp3) is 0.417. The van der Waals surface area contributed by atoms with Crippen LogP contribution in [0.4, 0.5) is 5.69 Å². The van der Waals surface area contributed by atoms with Crippen molar-refractivity contribution in [3.63, 3.8) is 0 Å². The number of nitrogens with two attached hydrogens (primary N) is 1. The first-order valence-corrected chi connectivity index (χ1v) is 6.82. The summed E-state index contributed by atoms with van der Waals surface area (Å²) in [7, 11) is 0. The highest BCUT2D eigenvalue weighted by atomic mass is 79.9. The molecule has 0 saturated carbocycles. The topological polar surface area (TPSA) is 55.1 Å². The zero-order valence-corrected chi connectivity index (χ0v) is 13.2. The Labute approximate surface area is 118 Å². The van der Waals surface area contributed by atoms with Gasteiger partial charge in [-0.25, -0.2) is 0 Å². The molecule has 94 valence electrons. The molecular weight excluding hydrogens is 348 g/mol. The third kappa shape index (κ3) is 4.08. The lowest BCUT2D eigenvalue weighted by Crippen LogP contribution is -2.45. The molecule has 1 atom stereocenters. The molecule has 0 aliphatic carbocycles. The van der Waals surface area contributed by atoms with Gasteiger partial charge in [-0.3, -0.25) is 4.79 Å². The van der Waals surface area contributed by atoms with Crippen LogP contribution in [-0.4, -0.2) is 11.9 Å². The molecule has 0 aliphatic rings. The van der Waals surface area contributed by atoms with Crippen LogP contribution in [0.3, 0.4) is 0 Å². The van der Waals surface area contributed by atoms with Crippen LogP contribution in [0.2, 0.25) is 0 Å². The molecule has 0 fully saturated rings. The maximum Gasteiger partial charge on any atom is 0.241 e. The van der Waals surface area contributed by atoms with Crippen molar-refractivity contribution >= 4 is 43.5 Å². The van der Waals surface area contributed by atoms with Gasteiger partial charge < -0.3 is 11.1 Å².